The van der Waals surface area contributed by atoms with Gasteiger partial charge in [0, 0.05) is 7.11 Å². The molecule has 0 saturated carbocycles. The topological polar surface area (TPSA) is 38.8 Å². The van der Waals surface area contributed by atoms with E-state index in [0.717, 1.165) is 3.71 Å². The largest absolute Gasteiger partial charge is 0.446 e. The summed E-state index contributed by atoms with van der Waals surface area (Å²) in [6, 6.07) is 0. The zero-order chi connectivity index (χ0) is 7.98. The standard InChI is InChI=1S/C4H9NO3S2/c1-7-2-3-8-4(6)5(9)10/h9-10H,2-3H2,1H3. The lowest BCUT2D eigenvalue weighted by Gasteiger charge is -2.07. The van der Waals surface area contributed by atoms with Crippen LogP contribution in [-0.2, 0) is 9.47 Å². The lowest BCUT2D eigenvalue weighted by molar-refractivity contribution is 0.0964. The fraction of sp³-hybridized carbons (Fsp3) is 0.750. The fourth-order valence-corrected chi connectivity index (χ4v) is 0.386. The van der Waals surface area contributed by atoms with Gasteiger partial charge in [0.15, 0.2) is 0 Å². The number of carbonyl (C=O) groups excluding carboxylic acids is 1. The van der Waals surface area contributed by atoms with Crippen molar-refractivity contribution in [1.29, 1.82) is 0 Å². The van der Waals surface area contributed by atoms with Crippen molar-refractivity contribution in [2.75, 3.05) is 20.3 Å². The number of nitrogens with zero attached hydrogens (tertiary/aromatic N) is 1. The number of hydrogen-bond donors (Lipinski definition) is 2. The summed E-state index contributed by atoms with van der Waals surface area (Å²) in [5.74, 6) is 0. The molecule has 0 radical (unpaired) electrons. The Morgan fingerprint density at radius 3 is 2.50 bits per heavy atom. The van der Waals surface area contributed by atoms with Crippen molar-refractivity contribution in [1.82, 2.24) is 3.71 Å². The quantitative estimate of drug-likeness (QED) is 0.501. The van der Waals surface area contributed by atoms with Crippen LogP contribution in [0.4, 0.5) is 4.79 Å². The Hall–Kier alpha value is -0.0700. The molecule has 0 N–H and O–H groups in total. The molecule has 0 spiro atoms. The summed E-state index contributed by atoms with van der Waals surface area (Å²) in [6.45, 7) is 0.591. The first-order chi connectivity index (χ1) is 4.68. The predicted molar refractivity (Wildman–Crippen MR) is 43.0 cm³/mol. The Balaban J connectivity index is 3.22. The van der Waals surface area contributed by atoms with Crippen LogP contribution in [0.2, 0.25) is 0 Å². The first kappa shape index (κ1) is 9.93. The highest BCUT2D eigenvalue weighted by Crippen LogP contribution is 1.99. The molecule has 0 aromatic heterocycles. The molecule has 10 heavy (non-hydrogen) atoms. The number of amides is 1. The van der Waals surface area contributed by atoms with Crippen LogP contribution in [-0.4, -0.2) is 30.1 Å². The van der Waals surface area contributed by atoms with E-state index < -0.39 is 6.09 Å². The normalized spacial score (nSPS) is 9.10. The summed E-state index contributed by atoms with van der Waals surface area (Å²) in [5.41, 5.74) is 0. The number of hydrogen-bond acceptors (Lipinski definition) is 5. The van der Waals surface area contributed by atoms with Gasteiger partial charge in [-0.3, -0.25) is 0 Å². The third-order valence-electron chi connectivity index (χ3n) is 0.676. The van der Waals surface area contributed by atoms with Crippen molar-refractivity contribution in [3.8, 4) is 0 Å². The van der Waals surface area contributed by atoms with E-state index in [4.69, 9.17) is 0 Å². The second-order valence-corrected chi connectivity index (χ2v) is 2.51. The van der Waals surface area contributed by atoms with Crippen LogP contribution in [0.1, 0.15) is 0 Å². The summed E-state index contributed by atoms with van der Waals surface area (Å²) in [7, 11) is 1.52. The van der Waals surface area contributed by atoms with Crippen LogP contribution in [0, 0.1) is 0 Å². The van der Waals surface area contributed by atoms with Gasteiger partial charge in [0.05, 0.1) is 6.61 Å². The lowest BCUT2D eigenvalue weighted by Crippen LogP contribution is -2.16. The smallest absolute Gasteiger partial charge is 0.430 e. The van der Waals surface area contributed by atoms with Gasteiger partial charge in [0.25, 0.3) is 0 Å². The SMILES string of the molecule is COCCOC(=O)N(S)S. The number of rotatable bonds is 3. The minimum Gasteiger partial charge on any atom is -0.446 e. The van der Waals surface area contributed by atoms with E-state index in [2.05, 4.69) is 35.1 Å². The van der Waals surface area contributed by atoms with Crippen LogP contribution in [0.3, 0.4) is 0 Å². The van der Waals surface area contributed by atoms with Gasteiger partial charge in [-0.15, -0.1) is 0 Å². The van der Waals surface area contributed by atoms with Crippen LogP contribution >= 0.6 is 25.6 Å². The summed E-state index contributed by atoms with van der Waals surface area (Å²) < 4.78 is 9.94. The maximum atomic E-state index is 10.5. The fourth-order valence-electron chi connectivity index (χ4n) is 0.270. The Kier molecular flexibility index (Phi) is 5.66. The Morgan fingerprint density at radius 1 is 1.50 bits per heavy atom. The Bertz CT molecular complexity index is 109. The average Bonchev–Trinajstić information content (AvgIpc) is 1.88. The van der Waals surface area contributed by atoms with Gasteiger partial charge < -0.3 is 9.47 Å². The Morgan fingerprint density at radius 2 is 2.10 bits per heavy atom. The highest BCUT2D eigenvalue weighted by molar-refractivity contribution is 7.94. The first-order valence-electron chi connectivity index (χ1n) is 2.52. The molecule has 0 atom stereocenters. The molecular formula is C4H9NO3S2. The van der Waals surface area contributed by atoms with E-state index in [9.17, 15) is 4.79 Å². The number of methoxy groups -OCH3 is 1. The van der Waals surface area contributed by atoms with E-state index in [-0.39, 0.29) is 6.61 Å². The van der Waals surface area contributed by atoms with Gasteiger partial charge in [-0.05, 0) is 25.6 Å². The minimum atomic E-state index is -0.608. The molecule has 0 heterocycles. The van der Waals surface area contributed by atoms with Crippen LogP contribution < -0.4 is 0 Å². The number of ether oxygens (including phenoxy) is 2. The van der Waals surface area contributed by atoms with Crippen LogP contribution in [0.25, 0.3) is 0 Å². The maximum Gasteiger partial charge on any atom is 0.430 e. The molecule has 0 aromatic carbocycles. The van der Waals surface area contributed by atoms with Gasteiger partial charge in [0.2, 0.25) is 0 Å². The van der Waals surface area contributed by atoms with E-state index in [1.54, 1.807) is 0 Å². The molecule has 0 aliphatic carbocycles. The number of thiol groups is 2. The Labute approximate surface area is 70.6 Å². The third-order valence-corrected chi connectivity index (χ3v) is 1.00. The monoisotopic (exact) mass is 183 g/mol. The van der Waals surface area contributed by atoms with Crippen LogP contribution in [0.5, 0.6) is 0 Å². The molecule has 0 rings (SSSR count). The second kappa shape index (κ2) is 5.70. The molecule has 0 unspecified atom stereocenters. The number of carbonyl (C=O) groups is 1. The molecule has 0 fully saturated rings. The van der Waals surface area contributed by atoms with Crippen molar-refractivity contribution in [2.24, 2.45) is 0 Å². The molecule has 0 aliphatic rings. The molecule has 0 aromatic rings. The summed E-state index contributed by atoms with van der Waals surface area (Å²) in [5, 5.41) is 0. The van der Waals surface area contributed by atoms with E-state index in [1.807, 2.05) is 0 Å². The third kappa shape index (κ3) is 4.78. The highest BCUT2D eigenvalue weighted by Gasteiger charge is 2.04. The average molecular weight is 183 g/mol. The zero-order valence-corrected chi connectivity index (χ0v) is 7.27. The van der Waals surface area contributed by atoms with Gasteiger partial charge >= 0.3 is 6.09 Å². The van der Waals surface area contributed by atoms with E-state index >= 15 is 0 Å². The maximum absolute atomic E-state index is 10.5. The minimum absolute atomic E-state index is 0.215. The van der Waals surface area contributed by atoms with Crippen LogP contribution in [0.15, 0.2) is 0 Å². The molecule has 1 amide bonds. The van der Waals surface area contributed by atoms with Gasteiger partial charge in [0.1, 0.15) is 6.61 Å². The van der Waals surface area contributed by atoms with E-state index in [1.165, 1.54) is 7.11 Å². The molecule has 0 bridgehead atoms. The van der Waals surface area contributed by atoms with Gasteiger partial charge in [-0.25, -0.2) is 4.79 Å². The molecule has 4 nitrogen and oxygen atoms in total. The summed E-state index contributed by atoms with van der Waals surface area (Å²) in [4.78, 5) is 10.5. The molecule has 6 heteroatoms. The lowest BCUT2D eigenvalue weighted by atomic mass is 10.8. The first-order valence-corrected chi connectivity index (χ1v) is 3.32. The van der Waals surface area contributed by atoms with E-state index in [0.29, 0.717) is 6.61 Å². The molecule has 60 valence electrons. The molecular weight excluding hydrogens is 174 g/mol. The van der Waals surface area contributed by atoms with Crippen molar-refractivity contribution in [3.63, 3.8) is 0 Å². The predicted octanol–water partition coefficient (Wildman–Crippen LogP) is 0.761. The molecule has 0 saturated heterocycles. The van der Waals surface area contributed by atoms with Crippen molar-refractivity contribution < 1.29 is 14.3 Å². The van der Waals surface area contributed by atoms with Gasteiger partial charge in [-0.2, -0.15) is 3.71 Å². The van der Waals surface area contributed by atoms with Crippen molar-refractivity contribution >= 4 is 31.7 Å². The zero-order valence-electron chi connectivity index (χ0n) is 5.48. The highest BCUT2D eigenvalue weighted by atomic mass is 32.2. The van der Waals surface area contributed by atoms with Crippen molar-refractivity contribution in [3.05, 3.63) is 0 Å². The summed E-state index contributed by atoms with van der Waals surface area (Å²) in [6.07, 6.45) is -0.608. The van der Waals surface area contributed by atoms with Crippen molar-refractivity contribution in [2.45, 2.75) is 0 Å². The summed E-state index contributed by atoms with van der Waals surface area (Å²) >= 11 is 7.15. The van der Waals surface area contributed by atoms with Gasteiger partial charge in [-0.1, -0.05) is 0 Å². The molecule has 0 aliphatic heterocycles. The second-order valence-electron chi connectivity index (χ2n) is 1.40.